The van der Waals surface area contributed by atoms with Crippen molar-refractivity contribution in [3.63, 3.8) is 0 Å². The normalized spacial score (nSPS) is 10.7. The van der Waals surface area contributed by atoms with Crippen molar-refractivity contribution in [2.45, 2.75) is 0 Å². The van der Waals surface area contributed by atoms with Gasteiger partial charge in [-0.1, -0.05) is 103 Å². The minimum atomic E-state index is -1.28. The van der Waals surface area contributed by atoms with E-state index < -0.39 is 27.5 Å². The van der Waals surface area contributed by atoms with Gasteiger partial charge < -0.3 is 4.74 Å². The van der Waals surface area contributed by atoms with Gasteiger partial charge >= 0.3 is 17.1 Å². The molecule has 0 N–H and O–H groups in total. The molecule has 0 saturated carbocycles. The van der Waals surface area contributed by atoms with Crippen LogP contribution >= 0.6 is 15.8 Å². The van der Waals surface area contributed by atoms with Crippen LogP contribution in [0.4, 0.5) is 8.78 Å². The Bertz CT molecular complexity index is 2470. The summed E-state index contributed by atoms with van der Waals surface area (Å²) in [7, 11) is -2.56. The van der Waals surface area contributed by atoms with Crippen molar-refractivity contribution in [1.82, 2.24) is 15.2 Å². The fourth-order valence-corrected chi connectivity index (χ4v) is 12.1. The number of aromatic nitrogens is 4. The van der Waals surface area contributed by atoms with Crippen LogP contribution in [0.3, 0.4) is 0 Å². The molecule has 0 aliphatic heterocycles. The van der Waals surface area contributed by atoms with E-state index in [0.717, 1.165) is 17.6 Å². The van der Waals surface area contributed by atoms with Crippen LogP contribution in [-0.2, 0) is 17.1 Å². The molecule has 7 aromatic carbocycles. The number of hydrogen-bond acceptors (Lipinski definition) is 3. The second-order valence-corrected chi connectivity index (χ2v) is 18.1. The number of benzene rings is 7. The molecule has 0 atom stereocenters. The van der Waals surface area contributed by atoms with E-state index in [1.807, 2.05) is 0 Å². The Hall–Kier alpha value is -6.13. The van der Waals surface area contributed by atoms with Crippen LogP contribution in [0.2, 0.25) is 0 Å². The van der Waals surface area contributed by atoms with Crippen LogP contribution in [-0.4, -0.2) is 10.1 Å². The summed E-state index contributed by atoms with van der Waals surface area (Å²) in [4.78, 5) is 4.14. The summed E-state index contributed by atoms with van der Waals surface area (Å²) in [5.41, 5.74) is 0.882. The minimum absolute atomic E-state index is 0. The zero-order valence-electron chi connectivity index (χ0n) is 31.5. The van der Waals surface area contributed by atoms with Crippen LogP contribution in [0.15, 0.2) is 219 Å². The summed E-state index contributed by atoms with van der Waals surface area (Å²) >= 11 is 0. The molecule has 0 radical (unpaired) electrons. The quantitative estimate of drug-likeness (QED) is 0.0793. The van der Waals surface area contributed by atoms with Crippen LogP contribution in [0, 0.1) is 11.6 Å². The van der Waals surface area contributed by atoms with Gasteiger partial charge in [0, 0.05) is 12.3 Å². The van der Waals surface area contributed by atoms with Gasteiger partial charge in [0.05, 0.1) is 5.69 Å². The molecule has 9 aromatic rings. The van der Waals surface area contributed by atoms with E-state index in [1.54, 1.807) is 24.4 Å². The van der Waals surface area contributed by atoms with Crippen molar-refractivity contribution >= 4 is 47.7 Å². The Morgan fingerprint density at radius 1 is 0.475 bits per heavy atom. The number of rotatable bonds is 10. The van der Waals surface area contributed by atoms with Crippen LogP contribution < -0.4 is 46.2 Å². The number of para-hydroxylation sites is 2. The van der Waals surface area contributed by atoms with E-state index in [4.69, 9.17) is 4.74 Å². The van der Waals surface area contributed by atoms with E-state index in [1.165, 1.54) is 54.9 Å². The molecule has 2 heterocycles. The fourth-order valence-electron chi connectivity index (χ4n) is 6.79. The number of halogens is 2. The Morgan fingerprint density at radius 2 is 0.881 bits per heavy atom. The molecule has 0 fully saturated rings. The molecule has 10 heteroatoms. The summed E-state index contributed by atoms with van der Waals surface area (Å²) in [6, 6.07) is 69.1. The van der Waals surface area contributed by atoms with Crippen molar-refractivity contribution in [2.24, 2.45) is 0 Å². The Kier molecular flexibility index (Phi) is 13.9. The van der Waals surface area contributed by atoms with Gasteiger partial charge in [0.25, 0.3) is 0 Å². The van der Waals surface area contributed by atoms with Gasteiger partial charge in [-0.3, -0.25) is 9.55 Å². The zero-order valence-corrected chi connectivity index (χ0v) is 34.5. The topological polar surface area (TPSA) is 53.0 Å². The second kappa shape index (κ2) is 20.0. The van der Waals surface area contributed by atoms with Gasteiger partial charge in [-0.05, 0) is 97.1 Å². The molecule has 0 aliphatic rings. The van der Waals surface area contributed by atoms with E-state index in [0.29, 0.717) is 17.2 Å². The zero-order chi connectivity index (χ0) is 39.5. The van der Waals surface area contributed by atoms with Crippen molar-refractivity contribution < 1.29 is 35.2 Å². The molecule has 59 heavy (non-hydrogen) atoms. The molecule has 2 aromatic heterocycles. The Morgan fingerprint density at radius 3 is 1.31 bits per heavy atom. The van der Waals surface area contributed by atoms with Gasteiger partial charge in [0.15, 0.2) is 17.3 Å². The Labute approximate surface area is 355 Å². The molecule has 0 spiro atoms. The van der Waals surface area contributed by atoms with Gasteiger partial charge in [0.2, 0.25) is 0 Å². The number of hydrogen-bond donors (Lipinski definition) is 0. The summed E-state index contributed by atoms with van der Waals surface area (Å²) in [5, 5.41) is 15.6. The molecule has 0 bridgehead atoms. The average molecular weight is 862 g/mol. The molecule has 5 nitrogen and oxygen atoms in total. The summed E-state index contributed by atoms with van der Waals surface area (Å²) in [6.07, 6.45) is 3.00. The Balaban J connectivity index is 0.000000221. The predicted molar refractivity (Wildman–Crippen MR) is 235 cm³/mol. The van der Waals surface area contributed by atoms with Gasteiger partial charge in [-0.2, -0.15) is 0 Å². The largest absolute Gasteiger partial charge is 1.00 e. The third-order valence-electron chi connectivity index (χ3n) is 9.35. The molecular weight excluding hydrogens is 824 g/mol. The maximum Gasteiger partial charge on any atom is 1.00 e. The first-order valence-electron chi connectivity index (χ1n) is 18.7. The average Bonchev–Trinajstić information content (AvgIpc) is 3.78. The van der Waals surface area contributed by atoms with Crippen molar-refractivity contribution in [1.29, 1.82) is 0 Å². The van der Waals surface area contributed by atoms with Crippen molar-refractivity contribution in [2.75, 3.05) is 0 Å². The van der Waals surface area contributed by atoms with Gasteiger partial charge in [0.1, 0.15) is 71.3 Å². The minimum Gasteiger partial charge on any atom is -0.449 e. The van der Waals surface area contributed by atoms with E-state index in [9.17, 15) is 8.78 Å². The number of pyridine rings is 1. The van der Waals surface area contributed by atoms with E-state index in [2.05, 4.69) is 185 Å². The fraction of sp³-hybridized carbons (Fsp3) is 0. The second-order valence-electron chi connectivity index (χ2n) is 13.2. The van der Waals surface area contributed by atoms with Gasteiger partial charge in [-0.25, -0.2) is 8.78 Å². The van der Waals surface area contributed by atoms with Crippen LogP contribution in [0.25, 0.3) is 17.2 Å². The van der Waals surface area contributed by atoms with Gasteiger partial charge in [-0.15, -0.1) is 10.2 Å². The van der Waals surface area contributed by atoms with E-state index >= 15 is 0 Å². The van der Waals surface area contributed by atoms with Crippen molar-refractivity contribution in [3.8, 4) is 28.7 Å². The third-order valence-corrected chi connectivity index (χ3v) is 14.9. The first-order chi connectivity index (χ1) is 28.6. The number of ether oxygens (including phenoxy) is 1. The molecule has 9 rings (SSSR count). The monoisotopic (exact) mass is 861 g/mol. The molecule has 0 amide bonds. The molecule has 0 saturated heterocycles. The predicted octanol–water partition coefficient (Wildman–Crippen LogP) is 8.11. The molecule has 0 aliphatic carbocycles. The van der Waals surface area contributed by atoms with Crippen LogP contribution in [0.5, 0.6) is 11.5 Å². The summed E-state index contributed by atoms with van der Waals surface area (Å²) in [6.45, 7) is 0. The van der Waals surface area contributed by atoms with E-state index in [-0.39, 0.29) is 17.1 Å². The molecular formula is C49H38CuF2N4OP2+3. The molecule has 292 valence electrons. The molecule has 0 unspecified atom stereocenters. The third kappa shape index (κ3) is 9.95. The summed E-state index contributed by atoms with van der Waals surface area (Å²) < 4.78 is 34.9. The number of nitrogens with zero attached hydrogens (tertiary/aromatic N) is 4. The summed E-state index contributed by atoms with van der Waals surface area (Å²) in [5.74, 6) is 0.958. The van der Waals surface area contributed by atoms with Crippen LogP contribution in [0.1, 0.15) is 0 Å². The van der Waals surface area contributed by atoms with Crippen molar-refractivity contribution in [3.05, 3.63) is 230 Å². The smallest absolute Gasteiger partial charge is 0.449 e. The standard InChI is InChI=1S/C36H28OP2.C13H8F2N4.Cu/c1-5-17-29(18-6-1)38(30-19-7-2-8-20-30)35-27-15-13-25-33(35)37-34-26-14-16-28-36(34)39(31-21-9-3-10-22-31)32-23-11-4-12-24-32;14-9-5-10(15)7-11(6-9)19-8-17-18-13(19)12-3-1-2-4-16-12;/h1-28H;1-8H;/q;;+1/p+2. The SMILES string of the molecule is Fc1cc(F)cc(-[n+]2cn[n-]c2-c2ccccn2)c1.[Cu+].c1ccc([PH+](c2ccccc2)c2ccccc2Oc2ccccc2[PH+](c2ccccc2)c2ccccc2)cc1. The maximum absolute atomic E-state index is 13.2. The first-order valence-corrected chi connectivity index (χ1v) is 21.7. The first kappa shape index (κ1) is 41.0. The maximum atomic E-state index is 13.2.